The van der Waals surface area contributed by atoms with E-state index in [0.717, 1.165) is 12.1 Å². The van der Waals surface area contributed by atoms with Crippen LogP contribution in [0.1, 0.15) is 35.3 Å². The molecule has 0 spiro atoms. The second kappa shape index (κ2) is 8.37. The smallest absolute Gasteiger partial charge is 0.251 e. The lowest BCUT2D eigenvalue weighted by Crippen LogP contribution is -2.32. The van der Waals surface area contributed by atoms with Crippen molar-refractivity contribution in [1.82, 2.24) is 10.0 Å². The van der Waals surface area contributed by atoms with Crippen molar-refractivity contribution in [1.29, 1.82) is 0 Å². The van der Waals surface area contributed by atoms with Gasteiger partial charge in [0, 0.05) is 24.2 Å². The minimum absolute atomic E-state index is 0.0321. The van der Waals surface area contributed by atoms with E-state index in [9.17, 15) is 22.0 Å². The third kappa shape index (κ3) is 5.89. The van der Waals surface area contributed by atoms with Gasteiger partial charge in [-0.1, -0.05) is 24.3 Å². The van der Waals surface area contributed by atoms with E-state index in [4.69, 9.17) is 0 Å². The Bertz CT molecular complexity index is 879. The van der Waals surface area contributed by atoms with Gasteiger partial charge in [-0.15, -0.1) is 0 Å². The van der Waals surface area contributed by atoms with E-state index in [1.807, 2.05) is 0 Å². The molecule has 2 aromatic rings. The second-order valence-corrected chi connectivity index (χ2v) is 7.90. The number of halogens is 2. The molecule has 2 rings (SSSR count). The summed E-state index contributed by atoms with van der Waals surface area (Å²) in [4.78, 5) is 12.1. The maximum absolute atomic E-state index is 13.2. The molecule has 0 radical (unpaired) electrons. The largest absolute Gasteiger partial charge is 0.348 e. The number of nitrogens with one attached hydrogen (secondary N) is 2. The molecule has 0 fully saturated rings. The third-order valence-electron chi connectivity index (χ3n) is 3.44. The lowest BCUT2D eigenvalue weighted by molar-refractivity contribution is 0.0950. The minimum atomic E-state index is -3.52. The summed E-state index contributed by atoms with van der Waals surface area (Å²) in [5, 5.41) is 2.55. The number of hydrogen-bond donors (Lipinski definition) is 2. The van der Waals surface area contributed by atoms with E-state index in [1.165, 1.54) is 0 Å². The Labute approximate surface area is 151 Å². The maximum atomic E-state index is 13.2. The van der Waals surface area contributed by atoms with E-state index in [0.29, 0.717) is 17.2 Å². The molecule has 2 N–H and O–H groups in total. The van der Waals surface area contributed by atoms with Crippen LogP contribution in [0.4, 0.5) is 8.78 Å². The van der Waals surface area contributed by atoms with E-state index >= 15 is 0 Å². The minimum Gasteiger partial charge on any atom is -0.348 e. The fourth-order valence-electron chi connectivity index (χ4n) is 2.44. The standard InChI is InChI=1S/C18H20F2N2O3S/c1-12(2)22-26(24,25)11-14-6-4-3-5-13(14)10-21-18(23)15-7-16(19)9-17(20)8-15/h3-9,12,22H,10-11H2,1-2H3,(H,21,23). The van der Waals surface area contributed by atoms with Crippen LogP contribution < -0.4 is 10.0 Å². The van der Waals surface area contributed by atoms with Gasteiger partial charge in [-0.3, -0.25) is 4.79 Å². The van der Waals surface area contributed by atoms with Crippen molar-refractivity contribution in [2.45, 2.75) is 32.2 Å². The fourth-order valence-corrected chi connectivity index (χ4v) is 3.93. The summed E-state index contributed by atoms with van der Waals surface area (Å²) in [6.07, 6.45) is 0. The lowest BCUT2D eigenvalue weighted by Gasteiger charge is -2.13. The number of amides is 1. The van der Waals surface area contributed by atoms with Crippen molar-refractivity contribution in [2.75, 3.05) is 0 Å². The summed E-state index contributed by atoms with van der Waals surface area (Å²) in [5.74, 6) is -2.57. The highest BCUT2D eigenvalue weighted by atomic mass is 32.2. The van der Waals surface area contributed by atoms with Gasteiger partial charge >= 0.3 is 0 Å². The van der Waals surface area contributed by atoms with E-state index in [-0.39, 0.29) is 23.9 Å². The van der Waals surface area contributed by atoms with E-state index in [2.05, 4.69) is 10.0 Å². The van der Waals surface area contributed by atoms with Crippen LogP contribution in [0.5, 0.6) is 0 Å². The zero-order chi connectivity index (χ0) is 19.3. The number of carbonyl (C=O) groups is 1. The van der Waals surface area contributed by atoms with Gasteiger partial charge in [-0.2, -0.15) is 0 Å². The van der Waals surface area contributed by atoms with Gasteiger partial charge in [0.25, 0.3) is 5.91 Å². The molecule has 5 nitrogen and oxygen atoms in total. The summed E-state index contributed by atoms with van der Waals surface area (Å²) in [6, 6.07) is 9.08. The molecule has 140 valence electrons. The van der Waals surface area contributed by atoms with Gasteiger partial charge in [0.2, 0.25) is 10.0 Å². The zero-order valence-corrected chi connectivity index (χ0v) is 15.2. The van der Waals surface area contributed by atoms with Crippen molar-refractivity contribution in [3.8, 4) is 0 Å². The van der Waals surface area contributed by atoms with Gasteiger partial charge in [0.1, 0.15) is 11.6 Å². The van der Waals surface area contributed by atoms with Crippen LogP contribution in [0.2, 0.25) is 0 Å². The van der Waals surface area contributed by atoms with Crippen molar-refractivity contribution < 1.29 is 22.0 Å². The summed E-state index contributed by atoms with van der Waals surface area (Å²) in [5.41, 5.74) is 0.993. The van der Waals surface area contributed by atoms with Crippen LogP contribution in [0, 0.1) is 11.6 Å². The predicted molar refractivity (Wildman–Crippen MR) is 94.9 cm³/mol. The summed E-state index contributed by atoms with van der Waals surface area (Å²) < 4.78 is 53.2. The van der Waals surface area contributed by atoms with Gasteiger partial charge in [0.15, 0.2) is 0 Å². The van der Waals surface area contributed by atoms with Crippen molar-refractivity contribution in [3.05, 3.63) is 70.8 Å². The van der Waals surface area contributed by atoms with Crippen LogP contribution in [-0.2, 0) is 22.3 Å². The molecule has 0 aromatic heterocycles. The summed E-state index contributed by atoms with van der Waals surface area (Å²) in [6.45, 7) is 3.48. The van der Waals surface area contributed by atoms with Crippen LogP contribution >= 0.6 is 0 Å². The Hall–Kier alpha value is -2.32. The van der Waals surface area contributed by atoms with E-state index in [1.54, 1.807) is 38.1 Å². The first kappa shape index (κ1) is 20.0. The van der Waals surface area contributed by atoms with Crippen molar-refractivity contribution in [3.63, 3.8) is 0 Å². The number of benzene rings is 2. The van der Waals surface area contributed by atoms with Gasteiger partial charge in [-0.05, 0) is 37.1 Å². The van der Waals surface area contributed by atoms with Crippen LogP contribution in [0.25, 0.3) is 0 Å². The fraction of sp³-hybridized carbons (Fsp3) is 0.278. The monoisotopic (exact) mass is 382 g/mol. The molecule has 26 heavy (non-hydrogen) atoms. The topological polar surface area (TPSA) is 75.3 Å². The second-order valence-electron chi connectivity index (χ2n) is 6.14. The summed E-state index contributed by atoms with van der Waals surface area (Å²) in [7, 11) is -3.52. The third-order valence-corrected chi connectivity index (χ3v) is 4.96. The molecule has 2 aromatic carbocycles. The molecule has 0 aliphatic carbocycles. The first-order valence-corrected chi connectivity index (χ1v) is 9.62. The molecule has 8 heteroatoms. The number of carbonyl (C=O) groups excluding carboxylic acids is 1. The highest BCUT2D eigenvalue weighted by Gasteiger charge is 2.16. The SMILES string of the molecule is CC(C)NS(=O)(=O)Cc1ccccc1CNC(=O)c1cc(F)cc(F)c1. The summed E-state index contributed by atoms with van der Waals surface area (Å²) >= 11 is 0. The molecule has 0 aliphatic rings. The molecule has 0 bridgehead atoms. The molecular formula is C18H20F2N2O3S. The molecule has 0 saturated carbocycles. The van der Waals surface area contributed by atoms with Crippen molar-refractivity contribution in [2.24, 2.45) is 0 Å². The Kier molecular flexibility index (Phi) is 6.44. The molecule has 0 heterocycles. The zero-order valence-electron chi connectivity index (χ0n) is 14.4. The average Bonchev–Trinajstić information content (AvgIpc) is 2.51. The maximum Gasteiger partial charge on any atom is 0.251 e. The predicted octanol–water partition coefficient (Wildman–Crippen LogP) is 2.72. The highest BCUT2D eigenvalue weighted by Crippen LogP contribution is 2.13. The number of hydrogen-bond acceptors (Lipinski definition) is 3. The first-order valence-electron chi connectivity index (χ1n) is 7.97. The number of sulfonamides is 1. The first-order chi connectivity index (χ1) is 12.2. The van der Waals surface area contributed by atoms with Crippen LogP contribution in [0.15, 0.2) is 42.5 Å². The normalized spacial score (nSPS) is 11.6. The Morgan fingerprint density at radius 3 is 2.19 bits per heavy atom. The molecule has 0 unspecified atom stereocenters. The Morgan fingerprint density at radius 1 is 1.04 bits per heavy atom. The molecular weight excluding hydrogens is 362 g/mol. The Balaban J connectivity index is 2.12. The Morgan fingerprint density at radius 2 is 1.62 bits per heavy atom. The lowest BCUT2D eigenvalue weighted by atomic mass is 10.1. The average molecular weight is 382 g/mol. The van der Waals surface area contributed by atoms with Crippen LogP contribution in [0.3, 0.4) is 0 Å². The highest BCUT2D eigenvalue weighted by molar-refractivity contribution is 7.88. The van der Waals surface area contributed by atoms with Gasteiger partial charge in [0.05, 0.1) is 5.75 Å². The molecule has 1 amide bonds. The molecule has 0 aliphatic heterocycles. The molecule has 0 saturated heterocycles. The van der Waals surface area contributed by atoms with Gasteiger partial charge in [-0.25, -0.2) is 21.9 Å². The van der Waals surface area contributed by atoms with Crippen LogP contribution in [-0.4, -0.2) is 20.4 Å². The van der Waals surface area contributed by atoms with E-state index < -0.39 is 27.6 Å². The number of rotatable bonds is 7. The van der Waals surface area contributed by atoms with Gasteiger partial charge < -0.3 is 5.32 Å². The quantitative estimate of drug-likeness (QED) is 0.773. The van der Waals surface area contributed by atoms with Crippen molar-refractivity contribution >= 4 is 15.9 Å². The molecule has 0 atom stereocenters.